The highest BCUT2D eigenvalue weighted by molar-refractivity contribution is 9.10. The van der Waals surface area contributed by atoms with Crippen molar-refractivity contribution < 1.29 is 4.74 Å². The van der Waals surface area contributed by atoms with Gasteiger partial charge in [-0.2, -0.15) is 5.10 Å². The van der Waals surface area contributed by atoms with Gasteiger partial charge in [0.1, 0.15) is 0 Å². The van der Waals surface area contributed by atoms with E-state index in [4.69, 9.17) is 10.5 Å². The van der Waals surface area contributed by atoms with Crippen LogP contribution in [-0.4, -0.2) is 29.0 Å². The van der Waals surface area contributed by atoms with E-state index in [1.807, 2.05) is 18.5 Å². The van der Waals surface area contributed by atoms with Crippen molar-refractivity contribution in [3.63, 3.8) is 0 Å². The summed E-state index contributed by atoms with van der Waals surface area (Å²) in [6.45, 7) is 8.22. The Morgan fingerprint density at radius 2 is 2.19 bits per heavy atom. The van der Waals surface area contributed by atoms with Crippen molar-refractivity contribution in [3.8, 4) is 0 Å². The summed E-state index contributed by atoms with van der Waals surface area (Å²) >= 11 is 3.56. The maximum Gasteiger partial charge on any atom is 0.0738 e. The van der Waals surface area contributed by atoms with Crippen LogP contribution in [0.4, 0.5) is 0 Å². The third-order valence-corrected chi connectivity index (χ3v) is 3.48. The Kier molecular flexibility index (Phi) is 5.44. The zero-order valence-corrected chi connectivity index (χ0v) is 11.7. The fraction of sp³-hybridized carbons (Fsp3) is 0.727. The number of rotatable bonds is 6. The minimum Gasteiger partial charge on any atom is -0.380 e. The predicted molar refractivity (Wildman–Crippen MR) is 68.5 cm³/mol. The standard InChI is InChI=1S/C11H20BrN3O/c1-4-15-10(11(12)8(3)14-15)6-9(13)7-16-5-2/h9H,4-7,13H2,1-3H3. The molecule has 16 heavy (non-hydrogen) atoms. The van der Waals surface area contributed by atoms with E-state index < -0.39 is 0 Å². The number of nitrogens with zero attached hydrogens (tertiary/aromatic N) is 2. The summed E-state index contributed by atoms with van der Waals surface area (Å²) in [6, 6.07) is 0.0256. The highest BCUT2D eigenvalue weighted by Crippen LogP contribution is 2.22. The zero-order chi connectivity index (χ0) is 12.1. The largest absolute Gasteiger partial charge is 0.380 e. The molecule has 2 N–H and O–H groups in total. The molecule has 0 aliphatic rings. The number of halogens is 1. The highest BCUT2D eigenvalue weighted by Gasteiger charge is 2.15. The monoisotopic (exact) mass is 289 g/mol. The molecule has 0 amide bonds. The van der Waals surface area contributed by atoms with Gasteiger partial charge in [-0.15, -0.1) is 0 Å². The molecular formula is C11H20BrN3O. The van der Waals surface area contributed by atoms with E-state index in [2.05, 4.69) is 28.0 Å². The van der Waals surface area contributed by atoms with Gasteiger partial charge in [0.2, 0.25) is 0 Å². The van der Waals surface area contributed by atoms with E-state index in [-0.39, 0.29) is 6.04 Å². The lowest BCUT2D eigenvalue weighted by atomic mass is 10.1. The van der Waals surface area contributed by atoms with Crippen LogP contribution in [0, 0.1) is 6.92 Å². The molecule has 0 bridgehead atoms. The van der Waals surface area contributed by atoms with Crippen molar-refractivity contribution in [2.75, 3.05) is 13.2 Å². The molecule has 1 atom stereocenters. The van der Waals surface area contributed by atoms with Gasteiger partial charge in [0.05, 0.1) is 22.5 Å². The second-order valence-corrected chi connectivity index (χ2v) is 4.58. The smallest absolute Gasteiger partial charge is 0.0738 e. The fourth-order valence-corrected chi connectivity index (χ4v) is 2.09. The molecule has 92 valence electrons. The number of hydrogen-bond acceptors (Lipinski definition) is 3. The number of ether oxygens (including phenoxy) is 1. The Labute approximate surface area is 105 Å². The molecule has 1 heterocycles. The topological polar surface area (TPSA) is 53.1 Å². The lowest BCUT2D eigenvalue weighted by molar-refractivity contribution is 0.132. The average Bonchev–Trinajstić information content (AvgIpc) is 2.54. The van der Waals surface area contributed by atoms with Crippen molar-refractivity contribution in [1.82, 2.24) is 9.78 Å². The van der Waals surface area contributed by atoms with Crippen LogP contribution in [0.1, 0.15) is 25.2 Å². The van der Waals surface area contributed by atoms with Gasteiger partial charge in [-0.05, 0) is 36.7 Å². The lowest BCUT2D eigenvalue weighted by Gasteiger charge is -2.12. The van der Waals surface area contributed by atoms with Crippen molar-refractivity contribution in [2.24, 2.45) is 5.73 Å². The number of aromatic nitrogens is 2. The summed E-state index contributed by atoms with van der Waals surface area (Å²) in [5, 5.41) is 4.44. The van der Waals surface area contributed by atoms with Gasteiger partial charge >= 0.3 is 0 Å². The minimum atomic E-state index is 0.0256. The third kappa shape index (κ3) is 3.30. The van der Waals surface area contributed by atoms with Crippen molar-refractivity contribution in [3.05, 3.63) is 15.9 Å². The summed E-state index contributed by atoms with van der Waals surface area (Å²) in [4.78, 5) is 0. The van der Waals surface area contributed by atoms with E-state index in [1.165, 1.54) is 0 Å². The molecule has 5 heteroatoms. The van der Waals surface area contributed by atoms with Gasteiger partial charge in [0.25, 0.3) is 0 Å². The van der Waals surface area contributed by atoms with Gasteiger partial charge in [-0.3, -0.25) is 4.68 Å². The summed E-state index contributed by atoms with van der Waals surface area (Å²) < 4.78 is 8.38. The Balaban J connectivity index is 2.71. The van der Waals surface area contributed by atoms with Gasteiger partial charge in [-0.1, -0.05) is 0 Å². The molecule has 1 rings (SSSR count). The van der Waals surface area contributed by atoms with Crippen LogP contribution in [0.15, 0.2) is 4.47 Å². The van der Waals surface area contributed by atoms with Crippen LogP contribution in [0.25, 0.3) is 0 Å². The molecule has 1 aromatic heterocycles. The molecule has 0 aliphatic heterocycles. The Morgan fingerprint density at radius 1 is 1.50 bits per heavy atom. The van der Waals surface area contributed by atoms with E-state index in [1.54, 1.807) is 0 Å². The van der Waals surface area contributed by atoms with Crippen LogP contribution in [0.2, 0.25) is 0 Å². The highest BCUT2D eigenvalue weighted by atomic mass is 79.9. The fourth-order valence-electron chi connectivity index (χ4n) is 1.64. The molecule has 1 aromatic rings. The molecular weight excluding hydrogens is 270 g/mol. The van der Waals surface area contributed by atoms with E-state index >= 15 is 0 Å². The zero-order valence-electron chi connectivity index (χ0n) is 10.2. The molecule has 1 unspecified atom stereocenters. The molecule has 0 aliphatic carbocycles. The van der Waals surface area contributed by atoms with Gasteiger partial charge in [0.15, 0.2) is 0 Å². The van der Waals surface area contributed by atoms with Crippen LogP contribution in [-0.2, 0) is 17.7 Å². The predicted octanol–water partition coefficient (Wildman–Crippen LogP) is 1.88. The number of hydrogen-bond donors (Lipinski definition) is 1. The maximum atomic E-state index is 6.01. The molecule has 0 aromatic carbocycles. The molecule has 0 saturated carbocycles. The van der Waals surface area contributed by atoms with Crippen molar-refractivity contribution in [1.29, 1.82) is 0 Å². The Hall–Kier alpha value is -0.390. The first-order valence-electron chi connectivity index (χ1n) is 5.65. The quantitative estimate of drug-likeness (QED) is 0.870. The van der Waals surface area contributed by atoms with Crippen LogP contribution >= 0.6 is 15.9 Å². The first-order chi connectivity index (χ1) is 7.60. The molecule has 0 saturated heterocycles. The summed E-state index contributed by atoms with van der Waals surface area (Å²) in [5.41, 5.74) is 8.18. The van der Waals surface area contributed by atoms with Crippen LogP contribution in [0.5, 0.6) is 0 Å². The second kappa shape index (κ2) is 6.37. The minimum absolute atomic E-state index is 0.0256. The van der Waals surface area contributed by atoms with Crippen molar-refractivity contribution in [2.45, 2.75) is 39.8 Å². The Morgan fingerprint density at radius 3 is 2.75 bits per heavy atom. The van der Waals surface area contributed by atoms with Crippen LogP contribution < -0.4 is 5.73 Å². The van der Waals surface area contributed by atoms with Gasteiger partial charge < -0.3 is 10.5 Å². The summed E-state index contributed by atoms with van der Waals surface area (Å²) in [7, 11) is 0. The molecule has 0 radical (unpaired) electrons. The molecule has 0 spiro atoms. The van der Waals surface area contributed by atoms with E-state index in [0.717, 1.165) is 28.8 Å². The average molecular weight is 290 g/mol. The van der Waals surface area contributed by atoms with Gasteiger partial charge in [-0.25, -0.2) is 0 Å². The number of nitrogens with two attached hydrogens (primary N) is 1. The Bertz CT molecular complexity index is 338. The van der Waals surface area contributed by atoms with Crippen LogP contribution in [0.3, 0.4) is 0 Å². The normalized spacial score (nSPS) is 13.1. The summed E-state index contributed by atoms with van der Waals surface area (Å²) in [5.74, 6) is 0. The molecule has 4 nitrogen and oxygen atoms in total. The maximum absolute atomic E-state index is 6.01. The first-order valence-corrected chi connectivity index (χ1v) is 6.44. The SMILES string of the molecule is CCOCC(N)Cc1c(Br)c(C)nn1CC. The molecule has 0 fully saturated rings. The van der Waals surface area contributed by atoms with Gasteiger partial charge in [0, 0.05) is 25.6 Å². The number of aryl methyl sites for hydroxylation is 2. The van der Waals surface area contributed by atoms with Crippen molar-refractivity contribution >= 4 is 15.9 Å². The third-order valence-electron chi connectivity index (χ3n) is 2.44. The van der Waals surface area contributed by atoms with E-state index in [0.29, 0.717) is 13.2 Å². The lowest BCUT2D eigenvalue weighted by Crippen LogP contribution is -2.29. The first kappa shape index (κ1) is 13.7. The second-order valence-electron chi connectivity index (χ2n) is 3.79. The summed E-state index contributed by atoms with van der Waals surface area (Å²) in [6.07, 6.45) is 0.787. The van der Waals surface area contributed by atoms with E-state index in [9.17, 15) is 0 Å².